The molecule has 0 fully saturated rings. The van der Waals surface area contributed by atoms with E-state index in [0.29, 0.717) is 12.0 Å². The zero-order chi connectivity index (χ0) is 13.8. The van der Waals surface area contributed by atoms with E-state index in [1.165, 1.54) is 18.2 Å². The van der Waals surface area contributed by atoms with Crippen LogP contribution in [0.1, 0.15) is 22.7 Å². The molecule has 19 heavy (non-hydrogen) atoms. The van der Waals surface area contributed by atoms with Gasteiger partial charge < -0.3 is 0 Å². The number of hydrazine groups is 1. The lowest BCUT2D eigenvalue weighted by Crippen LogP contribution is -2.30. The molecule has 0 aromatic heterocycles. The summed E-state index contributed by atoms with van der Waals surface area (Å²) in [6.45, 7) is 1.88. The molecule has 3 N–H and O–H groups in total. The van der Waals surface area contributed by atoms with Gasteiger partial charge in [0.15, 0.2) is 0 Å². The van der Waals surface area contributed by atoms with E-state index >= 15 is 0 Å². The van der Waals surface area contributed by atoms with Crippen LogP contribution in [0, 0.1) is 18.6 Å². The van der Waals surface area contributed by atoms with Crippen LogP contribution in [0.2, 0.25) is 0 Å². The Bertz CT molecular complexity index is 570. The molecule has 1 unspecified atom stereocenters. The second-order valence-electron chi connectivity index (χ2n) is 4.52. The van der Waals surface area contributed by atoms with Crippen molar-refractivity contribution in [3.8, 4) is 0 Å². The number of nitrogens with two attached hydrogens (primary N) is 1. The third kappa shape index (κ3) is 3.16. The van der Waals surface area contributed by atoms with E-state index in [-0.39, 0.29) is 17.7 Å². The van der Waals surface area contributed by atoms with E-state index in [2.05, 4.69) is 5.43 Å². The Morgan fingerprint density at radius 1 is 1.16 bits per heavy atom. The predicted molar refractivity (Wildman–Crippen MR) is 71.3 cm³/mol. The smallest absolute Gasteiger partial charge is 0.126 e. The van der Waals surface area contributed by atoms with Gasteiger partial charge in [0.25, 0.3) is 0 Å². The van der Waals surface area contributed by atoms with E-state index in [4.69, 9.17) is 5.84 Å². The molecule has 1 atom stereocenters. The van der Waals surface area contributed by atoms with Gasteiger partial charge in [0, 0.05) is 0 Å². The summed E-state index contributed by atoms with van der Waals surface area (Å²) in [5, 5.41) is 0. The van der Waals surface area contributed by atoms with Crippen molar-refractivity contribution in [2.75, 3.05) is 0 Å². The number of benzene rings is 2. The maximum atomic E-state index is 13.6. The highest BCUT2D eigenvalue weighted by atomic mass is 19.1. The molecule has 2 rings (SSSR count). The first-order valence-corrected chi connectivity index (χ1v) is 6.07. The van der Waals surface area contributed by atoms with E-state index in [0.717, 1.165) is 11.1 Å². The zero-order valence-corrected chi connectivity index (χ0v) is 10.7. The van der Waals surface area contributed by atoms with Crippen LogP contribution in [0.4, 0.5) is 8.78 Å². The molecule has 2 aromatic carbocycles. The van der Waals surface area contributed by atoms with Crippen LogP contribution in [0.5, 0.6) is 0 Å². The lowest BCUT2D eigenvalue weighted by Gasteiger charge is -2.19. The predicted octanol–water partition coefficient (Wildman–Crippen LogP) is 3.02. The fraction of sp³-hybridized carbons (Fsp3) is 0.200. The lowest BCUT2D eigenvalue weighted by molar-refractivity contribution is 0.522. The van der Waals surface area contributed by atoms with Gasteiger partial charge in [-0.1, -0.05) is 24.3 Å². The fourth-order valence-corrected chi connectivity index (χ4v) is 2.13. The average molecular weight is 262 g/mol. The Kier molecular flexibility index (Phi) is 4.24. The molecule has 2 nitrogen and oxygen atoms in total. The standard InChI is InChI=1S/C15H16F2N2/c1-10-6-7-12(16)9-13(10)15(19-18)8-11-4-2-3-5-14(11)17/h2-7,9,15,19H,8,18H2,1H3. The molecule has 4 heteroatoms. The van der Waals surface area contributed by atoms with Crippen molar-refractivity contribution in [1.82, 2.24) is 5.43 Å². The highest BCUT2D eigenvalue weighted by Gasteiger charge is 2.15. The lowest BCUT2D eigenvalue weighted by atomic mass is 9.95. The summed E-state index contributed by atoms with van der Waals surface area (Å²) in [6.07, 6.45) is 0.369. The molecule has 0 aliphatic carbocycles. The zero-order valence-electron chi connectivity index (χ0n) is 10.7. The number of aryl methyl sites for hydroxylation is 1. The maximum absolute atomic E-state index is 13.6. The van der Waals surface area contributed by atoms with Crippen molar-refractivity contribution in [1.29, 1.82) is 0 Å². The van der Waals surface area contributed by atoms with Crippen LogP contribution >= 0.6 is 0 Å². The van der Waals surface area contributed by atoms with Gasteiger partial charge in [-0.15, -0.1) is 0 Å². The molecule has 0 saturated carbocycles. The first kappa shape index (κ1) is 13.6. The van der Waals surface area contributed by atoms with Crippen LogP contribution < -0.4 is 11.3 Å². The summed E-state index contributed by atoms with van der Waals surface area (Å²) in [5.74, 6) is 4.92. The summed E-state index contributed by atoms with van der Waals surface area (Å²) in [6, 6.07) is 10.7. The van der Waals surface area contributed by atoms with Crippen LogP contribution in [0.25, 0.3) is 0 Å². The SMILES string of the molecule is Cc1ccc(F)cc1C(Cc1ccccc1F)NN. The normalized spacial score (nSPS) is 12.4. The molecular formula is C15H16F2N2. The summed E-state index contributed by atoms with van der Waals surface area (Å²) >= 11 is 0. The van der Waals surface area contributed by atoms with Crippen molar-refractivity contribution in [3.63, 3.8) is 0 Å². The third-order valence-corrected chi connectivity index (χ3v) is 3.20. The Morgan fingerprint density at radius 2 is 1.89 bits per heavy atom. The van der Waals surface area contributed by atoms with Gasteiger partial charge in [-0.2, -0.15) is 0 Å². The quantitative estimate of drug-likeness (QED) is 0.656. The molecule has 0 spiro atoms. The highest BCUT2D eigenvalue weighted by molar-refractivity contribution is 5.31. The van der Waals surface area contributed by atoms with Gasteiger partial charge in [0.2, 0.25) is 0 Å². The summed E-state index contributed by atoms with van der Waals surface area (Å²) in [4.78, 5) is 0. The number of hydrogen-bond donors (Lipinski definition) is 2. The molecule has 0 radical (unpaired) electrons. The molecule has 100 valence electrons. The Labute approximate surface area is 111 Å². The minimum absolute atomic E-state index is 0.281. The average Bonchev–Trinajstić information content (AvgIpc) is 2.41. The van der Waals surface area contributed by atoms with Crippen molar-refractivity contribution in [3.05, 3.63) is 70.8 Å². The molecule has 2 aromatic rings. The summed E-state index contributed by atoms with van der Waals surface area (Å²) < 4.78 is 27.0. The minimum Gasteiger partial charge on any atom is -0.271 e. The van der Waals surface area contributed by atoms with Gasteiger partial charge in [-0.05, 0) is 48.2 Å². The maximum Gasteiger partial charge on any atom is 0.126 e. The molecule has 0 aliphatic heterocycles. The van der Waals surface area contributed by atoms with Gasteiger partial charge in [0.05, 0.1) is 6.04 Å². The van der Waals surface area contributed by atoms with E-state index in [1.54, 1.807) is 24.3 Å². The van der Waals surface area contributed by atoms with Gasteiger partial charge in [0.1, 0.15) is 11.6 Å². The number of nitrogens with one attached hydrogen (secondary N) is 1. The summed E-state index contributed by atoms with van der Waals surface area (Å²) in [7, 11) is 0. The number of hydrogen-bond acceptors (Lipinski definition) is 2. The first-order valence-electron chi connectivity index (χ1n) is 6.07. The van der Waals surface area contributed by atoms with Crippen LogP contribution in [0.3, 0.4) is 0 Å². The van der Waals surface area contributed by atoms with Gasteiger partial charge in [-0.25, -0.2) is 8.78 Å². The Hall–Kier alpha value is -1.78. The monoisotopic (exact) mass is 262 g/mol. The molecular weight excluding hydrogens is 246 g/mol. The van der Waals surface area contributed by atoms with E-state index < -0.39 is 0 Å². The van der Waals surface area contributed by atoms with Crippen LogP contribution in [0.15, 0.2) is 42.5 Å². The molecule has 0 amide bonds. The molecule has 0 heterocycles. The Balaban J connectivity index is 2.30. The molecule has 0 aliphatic rings. The summed E-state index contributed by atoms with van der Waals surface area (Å²) in [5.41, 5.74) is 4.84. The second kappa shape index (κ2) is 5.91. The number of halogens is 2. The largest absolute Gasteiger partial charge is 0.271 e. The Morgan fingerprint density at radius 3 is 2.58 bits per heavy atom. The number of rotatable bonds is 4. The van der Waals surface area contributed by atoms with Gasteiger partial charge >= 0.3 is 0 Å². The third-order valence-electron chi connectivity index (χ3n) is 3.20. The van der Waals surface area contributed by atoms with Crippen molar-refractivity contribution in [2.45, 2.75) is 19.4 Å². The van der Waals surface area contributed by atoms with Crippen molar-refractivity contribution < 1.29 is 8.78 Å². The van der Waals surface area contributed by atoms with Crippen molar-refractivity contribution in [2.24, 2.45) is 5.84 Å². The second-order valence-corrected chi connectivity index (χ2v) is 4.52. The van der Waals surface area contributed by atoms with Crippen molar-refractivity contribution >= 4 is 0 Å². The van der Waals surface area contributed by atoms with E-state index in [1.807, 2.05) is 6.92 Å². The van der Waals surface area contributed by atoms with Crippen LogP contribution in [-0.2, 0) is 6.42 Å². The van der Waals surface area contributed by atoms with E-state index in [9.17, 15) is 8.78 Å². The minimum atomic E-state index is -0.326. The van der Waals surface area contributed by atoms with Gasteiger partial charge in [-0.3, -0.25) is 11.3 Å². The fourth-order valence-electron chi connectivity index (χ4n) is 2.13. The molecule has 0 saturated heterocycles. The topological polar surface area (TPSA) is 38.0 Å². The molecule has 0 bridgehead atoms. The van der Waals surface area contributed by atoms with Crippen LogP contribution in [-0.4, -0.2) is 0 Å². The highest BCUT2D eigenvalue weighted by Crippen LogP contribution is 2.23. The first-order chi connectivity index (χ1) is 9.11.